The van der Waals surface area contributed by atoms with E-state index in [9.17, 15) is 9.59 Å². The molecule has 2 aromatic heterocycles. The quantitative estimate of drug-likeness (QED) is 0.556. The van der Waals surface area contributed by atoms with Gasteiger partial charge in [-0.1, -0.05) is 5.16 Å². The van der Waals surface area contributed by atoms with E-state index in [1.807, 2.05) is 0 Å². The zero-order valence-corrected chi connectivity index (χ0v) is 18.5. The Morgan fingerprint density at radius 3 is 2.29 bits per heavy atom. The van der Waals surface area contributed by atoms with Gasteiger partial charge in [0.2, 0.25) is 17.6 Å². The zero-order valence-electron chi connectivity index (χ0n) is 18.5. The molecule has 2 fully saturated rings. The lowest BCUT2D eigenvalue weighted by molar-refractivity contribution is -0.159. The first-order valence-corrected chi connectivity index (χ1v) is 10.5. The van der Waals surface area contributed by atoms with Gasteiger partial charge in [-0.15, -0.1) is 0 Å². The molecule has 2 N–H and O–H groups in total. The van der Waals surface area contributed by atoms with E-state index >= 15 is 0 Å². The molecule has 34 heavy (non-hydrogen) atoms. The van der Waals surface area contributed by atoms with Crippen LogP contribution in [-0.4, -0.2) is 111 Å². The van der Waals surface area contributed by atoms with E-state index < -0.39 is 11.9 Å². The maximum absolute atomic E-state index is 12.5. The van der Waals surface area contributed by atoms with Gasteiger partial charge in [0.15, 0.2) is 5.76 Å². The van der Waals surface area contributed by atoms with Crippen LogP contribution in [0.15, 0.2) is 27.3 Å². The van der Waals surface area contributed by atoms with Crippen molar-refractivity contribution < 1.29 is 43.1 Å². The predicted molar refractivity (Wildman–Crippen MR) is 112 cm³/mol. The van der Waals surface area contributed by atoms with E-state index in [4.69, 9.17) is 33.5 Å². The largest absolute Gasteiger partial charge is 0.473 e. The summed E-state index contributed by atoms with van der Waals surface area (Å²) < 4.78 is 15.6. The number of carbonyl (C=O) groups excluding carboxylic acids is 2. The van der Waals surface area contributed by atoms with Crippen molar-refractivity contribution in [1.29, 1.82) is 0 Å². The van der Waals surface area contributed by atoms with E-state index in [2.05, 4.69) is 15.0 Å². The van der Waals surface area contributed by atoms with Gasteiger partial charge < -0.3 is 33.7 Å². The number of likely N-dealkylation sites (tertiary alicyclic amines) is 1. The van der Waals surface area contributed by atoms with Crippen LogP contribution in [0.3, 0.4) is 0 Å². The maximum Gasteiger partial charge on any atom is 0.414 e. The highest BCUT2D eigenvalue weighted by molar-refractivity contribution is 6.27. The molecule has 0 atom stereocenters. The Morgan fingerprint density at radius 1 is 1.09 bits per heavy atom. The van der Waals surface area contributed by atoms with Gasteiger partial charge >= 0.3 is 18.0 Å². The number of carboxylic acid groups (broad SMARTS) is 2. The molecule has 0 radical (unpaired) electrons. The third kappa shape index (κ3) is 6.31. The number of hydrogen-bond acceptors (Lipinski definition) is 10. The summed E-state index contributed by atoms with van der Waals surface area (Å²) in [6, 6.07) is 3.55. The number of carbonyl (C=O) groups is 4. The van der Waals surface area contributed by atoms with Gasteiger partial charge in [0.1, 0.15) is 0 Å². The molecule has 0 saturated carbocycles. The van der Waals surface area contributed by atoms with Crippen LogP contribution in [0.4, 0.5) is 4.79 Å². The Kier molecular flexibility index (Phi) is 8.19. The number of rotatable bonds is 5. The second-order valence-corrected chi connectivity index (χ2v) is 7.50. The number of aromatic nitrogens is 2. The first-order chi connectivity index (χ1) is 16.3. The van der Waals surface area contributed by atoms with Crippen LogP contribution < -0.4 is 0 Å². The van der Waals surface area contributed by atoms with Crippen molar-refractivity contribution in [1.82, 2.24) is 24.8 Å². The molecule has 4 rings (SSSR count). The molecule has 14 heteroatoms. The number of amides is 2. The highest BCUT2D eigenvalue weighted by Crippen LogP contribution is 2.27. The summed E-state index contributed by atoms with van der Waals surface area (Å²) in [6.07, 6.45) is 1.25. The van der Waals surface area contributed by atoms with E-state index in [-0.39, 0.29) is 17.9 Å². The first-order valence-electron chi connectivity index (χ1n) is 10.5. The first kappa shape index (κ1) is 24.7. The average Bonchev–Trinajstić information content (AvgIpc) is 3.48. The fourth-order valence-corrected chi connectivity index (χ4v) is 3.41. The van der Waals surface area contributed by atoms with Gasteiger partial charge in [0, 0.05) is 39.3 Å². The third-order valence-corrected chi connectivity index (χ3v) is 5.19. The van der Waals surface area contributed by atoms with Crippen LogP contribution in [-0.2, 0) is 19.1 Å². The number of hydrogen-bond donors (Lipinski definition) is 2. The molecule has 0 aliphatic carbocycles. The SMILES string of the molecule is CCOC(=O)N1CCN(C(=O)CN2CC(c3nc(-c4ccco4)no3)C2)CC1.O=C(O)C(=O)O. The summed E-state index contributed by atoms with van der Waals surface area (Å²) in [5, 5.41) is 18.7. The molecule has 2 aliphatic rings. The number of ether oxygens (including phenoxy) is 1. The summed E-state index contributed by atoms with van der Waals surface area (Å²) >= 11 is 0. The molecular formula is C20H25N5O9. The number of nitrogens with zero attached hydrogens (tertiary/aromatic N) is 5. The van der Waals surface area contributed by atoms with Crippen LogP contribution in [0.2, 0.25) is 0 Å². The van der Waals surface area contributed by atoms with E-state index in [1.165, 1.54) is 0 Å². The van der Waals surface area contributed by atoms with Crippen molar-refractivity contribution >= 4 is 23.9 Å². The number of aliphatic carboxylic acids is 2. The molecule has 2 aromatic rings. The van der Waals surface area contributed by atoms with Gasteiger partial charge in [-0.3, -0.25) is 9.69 Å². The van der Waals surface area contributed by atoms with Gasteiger partial charge in [-0.05, 0) is 19.1 Å². The number of furan rings is 1. The van der Waals surface area contributed by atoms with Crippen molar-refractivity contribution in [3.63, 3.8) is 0 Å². The fourth-order valence-electron chi connectivity index (χ4n) is 3.41. The Bertz CT molecular complexity index is 980. The Hall–Kier alpha value is -3.94. The molecule has 0 spiro atoms. The summed E-state index contributed by atoms with van der Waals surface area (Å²) in [6.45, 7) is 5.98. The van der Waals surface area contributed by atoms with Crippen LogP contribution >= 0.6 is 0 Å². The second kappa shape index (κ2) is 11.3. The average molecular weight is 479 g/mol. The maximum atomic E-state index is 12.5. The minimum atomic E-state index is -1.82. The zero-order chi connectivity index (χ0) is 24.7. The van der Waals surface area contributed by atoms with Crippen LogP contribution in [0.25, 0.3) is 11.6 Å². The lowest BCUT2D eigenvalue weighted by Gasteiger charge is -2.39. The normalized spacial score (nSPS) is 16.3. The second-order valence-electron chi connectivity index (χ2n) is 7.50. The lowest BCUT2D eigenvalue weighted by atomic mass is 10.0. The predicted octanol–water partition coefficient (Wildman–Crippen LogP) is 0.185. The summed E-state index contributed by atoms with van der Waals surface area (Å²) in [5.74, 6) is -1.87. The molecule has 0 bridgehead atoms. The molecule has 2 aliphatic heterocycles. The van der Waals surface area contributed by atoms with E-state index in [0.717, 1.165) is 0 Å². The molecule has 2 saturated heterocycles. The van der Waals surface area contributed by atoms with Crippen molar-refractivity contribution in [3.8, 4) is 11.6 Å². The van der Waals surface area contributed by atoms with Crippen molar-refractivity contribution in [2.75, 3.05) is 52.4 Å². The molecule has 184 valence electrons. The molecular weight excluding hydrogens is 454 g/mol. The van der Waals surface area contributed by atoms with Crippen LogP contribution in [0, 0.1) is 0 Å². The number of piperazine rings is 1. The van der Waals surface area contributed by atoms with Gasteiger partial charge in [-0.2, -0.15) is 4.98 Å². The highest BCUT2D eigenvalue weighted by atomic mass is 16.6. The van der Waals surface area contributed by atoms with Gasteiger partial charge in [0.25, 0.3) is 0 Å². The third-order valence-electron chi connectivity index (χ3n) is 5.19. The molecule has 14 nitrogen and oxygen atoms in total. The van der Waals surface area contributed by atoms with E-state index in [1.54, 1.807) is 35.1 Å². The highest BCUT2D eigenvalue weighted by Gasteiger charge is 2.35. The molecule has 4 heterocycles. The van der Waals surface area contributed by atoms with Crippen molar-refractivity contribution in [3.05, 3.63) is 24.3 Å². The fraction of sp³-hybridized carbons (Fsp3) is 0.500. The van der Waals surface area contributed by atoms with Crippen LogP contribution in [0.1, 0.15) is 18.7 Å². The summed E-state index contributed by atoms with van der Waals surface area (Å²) in [7, 11) is 0. The summed E-state index contributed by atoms with van der Waals surface area (Å²) in [4.78, 5) is 52.3. The Balaban J connectivity index is 0.000000481. The van der Waals surface area contributed by atoms with Crippen molar-refractivity contribution in [2.45, 2.75) is 12.8 Å². The van der Waals surface area contributed by atoms with Crippen molar-refractivity contribution in [2.24, 2.45) is 0 Å². The Morgan fingerprint density at radius 2 is 1.74 bits per heavy atom. The van der Waals surface area contributed by atoms with Gasteiger partial charge in [-0.25, -0.2) is 14.4 Å². The smallest absolute Gasteiger partial charge is 0.414 e. The van der Waals surface area contributed by atoms with Gasteiger partial charge in [0.05, 0.1) is 25.3 Å². The molecule has 0 unspecified atom stereocenters. The lowest BCUT2D eigenvalue weighted by Crippen LogP contribution is -2.55. The Labute approximate surface area is 193 Å². The minimum Gasteiger partial charge on any atom is -0.473 e. The standard InChI is InChI=1S/C18H23N5O5.C2H2O4/c1-2-26-18(25)23-7-5-22(6-8-23)15(24)12-21-10-13(11-21)17-19-16(20-28-17)14-4-3-9-27-14;3-1(4)2(5)6/h3-4,9,13H,2,5-8,10-12H2,1H3;(H,3,4)(H,5,6). The monoisotopic (exact) mass is 479 g/mol. The van der Waals surface area contributed by atoms with E-state index in [0.29, 0.717) is 69.9 Å². The topological polar surface area (TPSA) is 180 Å². The van der Waals surface area contributed by atoms with Crippen LogP contribution in [0.5, 0.6) is 0 Å². The molecule has 0 aromatic carbocycles. The minimum absolute atomic E-state index is 0.0729. The summed E-state index contributed by atoms with van der Waals surface area (Å²) in [5.41, 5.74) is 0. The molecule has 2 amide bonds. The number of carboxylic acids is 2.